The fourth-order valence-electron chi connectivity index (χ4n) is 1.91. The molecule has 2 N–H and O–H groups in total. The summed E-state index contributed by atoms with van der Waals surface area (Å²) in [6, 6.07) is 6.93. The quantitative estimate of drug-likeness (QED) is 0.704. The summed E-state index contributed by atoms with van der Waals surface area (Å²) in [4.78, 5) is 4.43. The van der Waals surface area contributed by atoms with Crippen LogP contribution < -0.4 is 10.6 Å². The Kier molecular flexibility index (Phi) is 4.13. The largest absolute Gasteiger partial charge is 0.315 e. The lowest BCUT2D eigenvalue weighted by molar-refractivity contribution is 0.454. The molecule has 1 aliphatic rings. The highest BCUT2D eigenvalue weighted by Gasteiger charge is 2.22. The first kappa shape index (κ1) is 12.5. The Morgan fingerprint density at radius 3 is 2.76 bits per heavy atom. The molecule has 1 aromatic heterocycles. The zero-order chi connectivity index (χ0) is 12.1. The van der Waals surface area contributed by atoms with Gasteiger partial charge >= 0.3 is 0 Å². The molecule has 94 valence electrons. The average Bonchev–Trinajstić information content (AvgIpc) is 3.14. The Morgan fingerprint density at radius 1 is 1.29 bits per heavy atom. The first-order valence-electron chi connectivity index (χ1n) is 6.54. The zero-order valence-electron chi connectivity index (χ0n) is 10.9. The van der Waals surface area contributed by atoms with Gasteiger partial charge in [-0.1, -0.05) is 19.9 Å². The molecule has 3 nitrogen and oxygen atoms in total. The predicted octanol–water partition coefficient (Wildman–Crippen LogP) is 1.70. The summed E-state index contributed by atoms with van der Waals surface area (Å²) in [5.41, 5.74) is 1.25. The van der Waals surface area contributed by atoms with Gasteiger partial charge in [0, 0.05) is 43.0 Å². The molecule has 0 atom stereocenters. The second-order valence-corrected chi connectivity index (χ2v) is 5.50. The molecule has 1 heterocycles. The van der Waals surface area contributed by atoms with Gasteiger partial charge in [-0.05, 0) is 25.0 Å². The highest BCUT2D eigenvalue weighted by atomic mass is 15.0. The van der Waals surface area contributed by atoms with Crippen LogP contribution in [0.4, 0.5) is 0 Å². The van der Waals surface area contributed by atoms with Gasteiger partial charge in [-0.2, -0.15) is 0 Å². The molecule has 1 saturated carbocycles. The van der Waals surface area contributed by atoms with Crippen LogP contribution in [-0.4, -0.2) is 30.7 Å². The molecule has 0 saturated heterocycles. The van der Waals surface area contributed by atoms with E-state index in [1.165, 1.54) is 12.8 Å². The lowest BCUT2D eigenvalue weighted by atomic mass is 9.89. The minimum absolute atomic E-state index is 0.0981. The van der Waals surface area contributed by atoms with E-state index in [0.29, 0.717) is 0 Å². The van der Waals surface area contributed by atoms with E-state index in [1.807, 2.05) is 12.3 Å². The van der Waals surface area contributed by atoms with Crippen LogP contribution in [0, 0.1) is 0 Å². The number of hydrogen-bond acceptors (Lipinski definition) is 3. The van der Waals surface area contributed by atoms with Crippen molar-refractivity contribution in [3.63, 3.8) is 0 Å². The fourth-order valence-corrected chi connectivity index (χ4v) is 1.91. The molecular formula is C14H23N3. The van der Waals surface area contributed by atoms with Crippen LogP contribution in [-0.2, 0) is 5.41 Å². The van der Waals surface area contributed by atoms with Gasteiger partial charge in [0.05, 0.1) is 0 Å². The molecule has 0 aromatic carbocycles. The third-order valence-electron chi connectivity index (χ3n) is 3.24. The zero-order valence-corrected chi connectivity index (χ0v) is 10.9. The lowest BCUT2D eigenvalue weighted by Gasteiger charge is -2.24. The van der Waals surface area contributed by atoms with Crippen LogP contribution in [0.1, 0.15) is 32.4 Å². The van der Waals surface area contributed by atoms with E-state index in [1.54, 1.807) is 0 Å². The van der Waals surface area contributed by atoms with Gasteiger partial charge in [-0.3, -0.25) is 4.98 Å². The first-order valence-corrected chi connectivity index (χ1v) is 6.54. The van der Waals surface area contributed by atoms with Gasteiger partial charge in [0.2, 0.25) is 0 Å². The molecule has 1 aromatic rings. The Bertz CT molecular complexity index is 331. The molecule has 3 heteroatoms. The van der Waals surface area contributed by atoms with Crippen molar-refractivity contribution < 1.29 is 0 Å². The van der Waals surface area contributed by atoms with Crippen molar-refractivity contribution in [1.29, 1.82) is 0 Å². The van der Waals surface area contributed by atoms with E-state index in [9.17, 15) is 0 Å². The Morgan fingerprint density at radius 2 is 2.12 bits per heavy atom. The Labute approximate surface area is 104 Å². The van der Waals surface area contributed by atoms with Gasteiger partial charge in [-0.15, -0.1) is 0 Å². The van der Waals surface area contributed by atoms with E-state index in [4.69, 9.17) is 0 Å². The molecule has 0 unspecified atom stereocenters. The molecule has 1 fully saturated rings. The van der Waals surface area contributed by atoms with Gasteiger partial charge in [0.1, 0.15) is 0 Å². The van der Waals surface area contributed by atoms with E-state index in [0.717, 1.165) is 31.4 Å². The first-order chi connectivity index (χ1) is 8.18. The number of rotatable bonds is 7. The van der Waals surface area contributed by atoms with Gasteiger partial charge in [0.25, 0.3) is 0 Å². The van der Waals surface area contributed by atoms with Gasteiger partial charge < -0.3 is 10.6 Å². The third-order valence-corrected chi connectivity index (χ3v) is 3.24. The number of nitrogens with one attached hydrogen (secondary N) is 2. The lowest BCUT2D eigenvalue weighted by Crippen LogP contribution is -2.37. The van der Waals surface area contributed by atoms with Crippen molar-refractivity contribution in [2.45, 2.75) is 38.1 Å². The Balaban J connectivity index is 1.69. The minimum Gasteiger partial charge on any atom is -0.315 e. The molecule has 0 radical (unpaired) electrons. The molecule has 0 bridgehead atoms. The molecule has 0 spiro atoms. The highest BCUT2D eigenvalue weighted by Crippen LogP contribution is 2.19. The maximum absolute atomic E-state index is 4.43. The van der Waals surface area contributed by atoms with Crippen LogP contribution in [0.3, 0.4) is 0 Å². The topological polar surface area (TPSA) is 37.0 Å². The molecule has 17 heavy (non-hydrogen) atoms. The maximum Gasteiger partial charge on any atom is 0.0472 e. The van der Waals surface area contributed by atoms with E-state index >= 15 is 0 Å². The molecule has 1 aliphatic carbocycles. The Hall–Kier alpha value is -0.930. The molecule has 2 rings (SSSR count). The normalized spacial score (nSPS) is 16.1. The van der Waals surface area contributed by atoms with E-state index in [-0.39, 0.29) is 5.41 Å². The van der Waals surface area contributed by atoms with Crippen LogP contribution in [0.2, 0.25) is 0 Å². The third kappa shape index (κ3) is 4.10. The highest BCUT2D eigenvalue weighted by molar-refractivity contribution is 5.14. The summed E-state index contributed by atoms with van der Waals surface area (Å²) in [6.45, 7) is 7.54. The molecular weight excluding hydrogens is 210 g/mol. The van der Waals surface area contributed by atoms with E-state index in [2.05, 4.69) is 41.6 Å². The van der Waals surface area contributed by atoms with Crippen molar-refractivity contribution in [3.8, 4) is 0 Å². The summed E-state index contributed by atoms with van der Waals surface area (Å²) in [7, 11) is 0. The summed E-state index contributed by atoms with van der Waals surface area (Å²) >= 11 is 0. The number of hydrogen-bond donors (Lipinski definition) is 2. The van der Waals surface area contributed by atoms with Crippen molar-refractivity contribution in [2.75, 3.05) is 19.6 Å². The van der Waals surface area contributed by atoms with Crippen molar-refractivity contribution in [3.05, 3.63) is 30.1 Å². The smallest absolute Gasteiger partial charge is 0.0472 e. The summed E-state index contributed by atoms with van der Waals surface area (Å²) in [5.74, 6) is 0. The number of pyridine rings is 1. The SMILES string of the molecule is CC(C)(CNCCNC1CC1)c1ccccn1. The van der Waals surface area contributed by atoms with Gasteiger partial charge in [-0.25, -0.2) is 0 Å². The summed E-state index contributed by atoms with van der Waals surface area (Å²) < 4.78 is 0. The van der Waals surface area contributed by atoms with Crippen LogP contribution in [0.15, 0.2) is 24.4 Å². The van der Waals surface area contributed by atoms with Crippen LogP contribution in [0.25, 0.3) is 0 Å². The second-order valence-electron chi connectivity index (χ2n) is 5.50. The van der Waals surface area contributed by atoms with Gasteiger partial charge in [0.15, 0.2) is 0 Å². The van der Waals surface area contributed by atoms with Crippen molar-refractivity contribution in [1.82, 2.24) is 15.6 Å². The fraction of sp³-hybridized carbons (Fsp3) is 0.643. The number of nitrogens with zero attached hydrogens (tertiary/aromatic N) is 1. The van der Waals surface area contributed by atoms with Crippen LogP contribution >= 0.6 is 0 Å². The second kappa shape index (κ2) is 5.61. The minimum atomic E-state index is 0.0981. The maximum atomic E-state index is 4.43. The average molecular weight is 233 g/mol. The molecule has 0 aliphatic heterocycles. The van der Waals surface area contributed by atoms with Crippen LogP contribution in [0.5, 0.6) is 0 Å². The van der Waals surface area contributed by atoms with Crippen molar-refractivity contribution >= 4 is 0 Å². The summed E-state index contributed by atoms with van der Waals surface area (Å²) in [5, 5.41) is 7.01. The van der Waals surface area contributed by atoms with E-state index < -0.39 is 0 Å². The standard InChI is InChI=1S/C14H23N3/c1-14(2,13-5-3-4-8-17-13)11-15-9-10-16-12-6-7-12/h3-5,8,12,15-16H,6-7,9-11H2,1-2H3. The monoisotopic (exact) mass is 233 g/mol. The predicted molar refractivity (Wildman–Crippen MR) is 71.2 cm³/mol. The number of aromatic nitrogens is 1. The van der Waals surface area contributed by atoms with Crippen molar-refractivity contribution in [2.24, 2.45) is 0 Å². The molecule has 0 amide bonds. The summed E-state index contributed by atoms with van der Waals surface area (Å²) in [6.07, 6.45) is 4.59.